The molecule has 0 aromatic heterocycles. The number of carboxylic acid groups (broad SMARTS) is 1. The summed E-state index contributed by atoms with van der Waals surface area (Å²) in [5.74, 6) is -0.834. The minimum absolute atomic E-state index is 0.0206. The van der Waals surface area contributed by atoms with Crippen molar-refractivity contribution in [2.75, 3.05) is 0 Å². The van der Waals surface area contributed by atoms with Gasteiger partial charge in [0.15, 0.2) is 18.2 Å². The number of rotatable bonds is 3. The molecular weight excluding hydrogens is 576 g/mol. The molecule has 0 amide bonds. The molecule has 5 fully saturated rings. The van der Waals surface area contributed by atoms with E-state index in [2.05, 4.69) is 61.5 Å². The third-order valence-electron chi connectivity index (χ3n) is 15.0. The van der Waals surface area contributed by atoms with Crippen LogP contribution in [0.25, 0.3) is 0 Å². The van der Waals surface area contributed by atoms with E-state index in [1.54, 1.807) is 0 Å². The third-order valence-corrected chi connectivity index (χ3v) is 15.0. The zero-order valence-electron chi connectivity index (χ0n) is 28.4. The van der Waals surface area contributed by atoms with Crippen molar-refractivity contribution in [3.63, 3.8) is 0 Å². The van der Waals surface area contributed by atoms with Crippen LogP contribution < -0.4 is 0 Å². The van der Waals surface area contributed by atoms with E-state index in [-0.39, 0.29) is 45.9 Å². The molecule has 6 aliphatic rings. The Morgan fingerprint density at radius 1 is 0.867 bits per heavy atom. The predicted molar refractivity (Wildman–Crippen MR) is 166 cm³/mol. The van der Waals surface area contributed by atoms with E-state index in [0.29, 0.717) is 6.42 Å². The average molecular weight is 633 g/mol. The number of Topliss-reactive ketones (excluding diaryl/α,β-unsaturated/α-hetero) is 1. The number of aliphatic hydroxyl groups excluding tert-OH is 4. The van der Waals surface area contributed by atoms with Crippen LogP contribution in [-0.2, 0) is 19.1 Å². The van der Waals surface area contributed by atoms with E-state index in [1.807, 2.05) is 0 Å². The van der Waals surface area contributed by atoms with Crippen molar-refractivity contribution < 1.29 is 44.6 Å². The van der Waals surface area contributed by atoms with E-state index in [4.69, 9.17) is 9.47 Å². The summed E-state index contributed by atoms with van der Waals surface area (Å²) in [6.45, 7) is 17.9. The Bertz CT molecular complexity index is 1270. The molecule has 5 unspecified atom stereocenters. The lowest BCUT2D eigenvalue weighted by atomic mass is 9.33. The fraction of sp³-hybridized carbons (Fsp3) is 0.889. The molecule has 45 heavy (non-hydrogen) atoms. The van der Waals surface area contributed by atoms with Gasteiger partial charge in [0.05, 0.1) is 6.10 Å². The first-order valence-corrected chi connectivity index (χ1v) is 17.2. The van der Waals surface area contributed by atoms with Gasteiger partial charge in [-0.15, -0.1) is 0 Å². The van der Waals surface area contributed by atoms with Crippen LogP contribution in [0.5, 0.6) is 0 Å². The molecule has 1 heterocycles. The average Bonchev–Trinajstić information content (AvgIpc) is 2.95. The molecule has 9 heteroatoms. The van der Waals surface area contributed by atoms with Crippen molar-refractivity contribution >= 4 is 11.8 Å². The number of aliphatic carboxylic acids is 1. The number of ether oxygens (including phenoxy) is 2. The topological polar surface area (TPSA) is 154 Å². The van der Waals surface area contributed by atoms with Gasteiger partial charge in [-0.1, -0.05) is 67.0 Å². The molecule has 6 rings (SSSR count). The van der Waals surface area contributed by atoms with Gasteiger partial charge in [0.1, 0.15) is 24.4 Å². The second-order valence-electron chi connectivity index (χ2n) is 18.0. The van der Waals surface area contributed by atoms with E-state index in [0.717, 1.165) is 44.9 Å². The fourth-order valence-corrected chi connectivity index (χ4v) is 12.0. The van der Waals surface area contributed by atoms with Crippen LogP contribution in [-0.4, -0.2) is 80.2 Å². The second kappa shape index (κ2) is 10.3. The molecule has 5 N–H and O–H groups in total. The summed E-state index contributed by atoms with van der Waals surface area (Å²) >= 11 is 0. The van der Waals surface area contributed by atoms with Crippen LogP contribution in [0.1, 0.15) is 107 Å². The number of ketones is 1. The minimum Gasteiger partial charge on any atom is -0.479 e. The molecule has 0 radical (unpaired) electrons. The van der Waals surface area contributed by atoms with E-state index < -0.39 is 59.0 Å². The lowest BCUT2D eigenvalue weighted by molar-refractivity contribution is -0.324. The van der Waals surface area contributed by atoms with Crippen molar-refractivity contribution in [1.29, 1.82) is 0 Å². The second-order valence-corrected chi connectivity index (χ2v) is 18.0. The monoisotopic (exact) mass is 632 g/mol. The van der Waals surface area contributed by atoms with Gasteiger partial charge in [-0.05, 0) is 90.8 Å². The standard InChI is InChI=1S/C36H56O9/c1-31(2)15-16-33(5)19(17-31)18-9-10-21-34(6)13-12-22(44-30-25(39)23(37)24(38)26(45-30)29(42)43)32(3,4)20(34)11-14-35(21,7)36(18,8)28(41)27(33)40/h9,19-26,28,30,37-39,41H,10-17H2,1-8H3,(H,42,43)/t19?,20-,21+,22?,23-,24-,25+,26-,28-,30+,33?,34?,35?,36-/m0/s1. The number of aliphatic hydroxyl groups is 4. The Morgan fingerprint density at radius 2 is 1.53 bits per heavy atom. The highest BCUT2D eigenvalue weighted by Crippen LogP contribution is 2.75. The van der Waals surface area contributed by atoms with Gasteiger partial charge in [-0.25, -0.2) is 4.79 Å². The Labute approximate surface area is 267 Å². The van der Waals surface area contributed by atoms with Crippen molar-refractivity contribution in [1.82, 2.24) is 0 Å². The number of carboxylic acids is 1. The van der Waals surface area contributed by atoms with Crippen molar-refractivity contribution in [3.05, 3.63) is 11.6 Å². The normalized spacial score (nSPS) is 53.7. The Morgan fingerprint density at radius 3 is 2.18 bits per heavy atom. The number of fused-ring (bicyclic) bond motifs is 7. The van der Waals surface area contributed by atoms with Gasteiger partial charge in [0.2, 0.25) is 0 Å². The van der Waals surface area contributed by atoms with Gasteiger partial charge >= 0.3 is 5.97 Å². The molecule has 4 saturated carbocycles. The maximum Gasteiger partial charge on any atom is 0.335 e. The summed E-state index contributed by atoms with van der Waals surface area (Å²) in [6.07, 6.45) is -0.303. The number of carbonyl (C=O) groups is 2. The van der Waals surface area contributed by atoms with Gasteiger partial charge < -0.3 is 35.0 Å². The van der Waals surface area contributed by atoms with E-state index in [1.165, 1.54) is 5.57 Å². The molecule has 0 aromatic carbocycles. The summed E-state index contributed by atoms with van der Waals surface area (Å²) in [5.41, 5.74) is -0.541. The van der Waals surface area contributed by atoms with E-state index in [9.17, 15) is 35.1 Å². The van der Waals surface area contributed by atoms with Crippen LogP contribution >= 0.6 is 0 Å². The van der Waals surface area contributed by atoms with Gasteiger partial charge in [-0.3, -0.25) is 4.79 Å². The molecule has 9 nitrogen and oxygen atoms in total. The van der Waals surface area contributed by atoms with Crippen molar-refractivity contribution in [2.45, 2.75) is 150 Å². The van der Waals surface area contributed by atoms with Crippen LogP contribution in [0.15, 0.2) is 11.6 Å². The van der Waals surface area contributed by atoms with Crippen molar-refractivity contribution in [3.8, 4) is 0 Å². The number of carbonyl (C=O) groups excluding carboxylic acids is 1. The highest BCUT2D eigenvalue weighted by molar-refractivity contribution is 5.92. The zero-order valence-corrected chi connectivity index (χ0v) is 28.4. The Kier molecular flexibility index (Phi) is 7.69. The molecule has 0 spiro atoms. The van der Waals surface area contributed by atoms with Crippen LogP contribution in [0.4, 0.5) is 0 Å². The number of hydrogen-bond acceptors (Lipinski definition) is 8. The van der Waals surface area contributed by atoms with Crippen molar-refractivity contribution in [2.24, 2.45) is 50.2 Å². The quantitative estimate of drug-likeness (QED) is 0.227. The highest BCUT2D eigenvalue weighted by atomic mass is 16.7. The first kappa shape index (κ1) is 33.5. The molecule has 1 saturated heterocycles. The maximum atomic E-state index is 14.2. The Balaban J connectivity index is 1.31. The summed E-state index contributed by atoms with van der Waals surface area (Å²) in [7, 11) is 0. The molecule has 254 valence electrons. The predicted octanol–water partition coefficient (Wildman–Crippen LogP) is 4.24. The summed E-state index contributed by atoms with van der Waals surface area (Å²) in [5, 5.41) is 52.8. The lowest BCUT2D eigenvalue weighted by Crippen LogP contribution is -2.70. The molecule has 14 atom stereocenters. The number of hydrogen-bond donors (Lipinski definition) is 5. The van der Waals surface area contributed by atoms with Crippen LogP contribution in [0.3, 0.4) is 0 Å². The van der Waals surface area contributed by atoms with Crippen LogP contribution in [0, 0.1) is 50.2 Å². The smallest absolute Gasteiger partial charge is 0.335 e. The first-order valence-electron chi connectivity index (χ1n) is 17.2. The zero-order chi connectivity index (χ0) is 33.3. The van der Waals surface area contributed by atoms with Gasteiger partial charge in [-0.2, -0.15) is 0 Å². The van der Waals surface area contributed by atoms with E-state index >= 15 is 0 Å². The first-order chi connectivity index (χ1) is 20.7. The largest absolute Gasteiger partial charge is 0.479 e. The number of allylic oxidation sites excluding steroid dienone is 1. The molecule has 0 bridgehead atoms. The Hall–Kier alpha value is -1.36. The third kappa shape index (κ3) is 4.39. The summed E-state index contributed by atoms with van der Waals surface area (Å²) in [6, 6.07) is 0. The summed E-state index contributed by atoms with van der Waals surface area (Å²) < 4.78 is 11.9. The highest BCUT2D eigenvalue weighted by Gasteiger charge is 2.72. The maximum absolute atomic E-state index is 14.2. The SMILES string of the molecule is CC1(C)CCC2(C)C(=O)[C@H](O)[C@]3(C)C(=CC[C@@H]4C5(C)CCC(O[C@@H]6O[C@H](C(=O)O)[C@@H](O)[C@H](O)[C@H]6O)C(C)(C)[C@@H]5CCC43C)C2C1. The van der Waals surface area contributed by atoms with Gasteiger partial charge in [0, 0.05) is 10.8 Å². The lowest BCUT2D eigenvalue weighted by Gasteiger charge is -2.71. The molecule has 5 aliphatic carbocycles. The minimum atomic E-state index is -1.76. The molecule has 1 aliphatic heterocycles. The molecular formula is C36H56O9. The van der Waals surface area contributed by atoms with Crippen LogP contribution in [0.2, 0.25) is 0 Å². The summed E-state index contributed by atoms with van der Waals surface area (Å²) in [4.78, 5) is 25.9. The van der Waals surface area contributed by atoms with Gasteiger partial charge in [0.25, 0.3) is 0 Å². The fourth-order valence-electron chi connectivity index (χ4n) is 12.0. The molecule has 0 aromatic rings.